The van der Waals surface area contributed by atoms with Crippen LogP contribution in [0.25, 0.3) is 0 Å². The van der Waals surface area contributed by atoms with Gasteiger partial charge in [0.25, 0.3) is 5.91 Å². The number of aliphatic hydroxyl groups excluding tert-OH is 2. The summed E-state index contributed by atoms with van der Waals surface area (Å²) in [6, 6.07) is 0.472. The minimum atomic E-state index is -2.72. The largest absolute Gasteiger partial charge is 0.510 e. The maximum absolute atomic E-state index is 13.9. The average molecular weight is 666 g/mol. The smallest absolute Gasteiger partial charge is 0.255 e. The number of likely N-dealkylation sites (N-methyl/N-ethyl adjacent to an activating group) is 1. The summed E-state index contributed by atoms with van der Waals surface area (Å²) in [5, 5.41) is 47.4. The van der Waals surface area contributed by atoms with E-state index in [0.29, 0.717) is 11.3 Å². The van der Waals surface area contributed by atoms with Gasteiger partial charge in [0.15, 0.2) is 17.1 Å². The fourth-order valence-electron chi connectivity index (χ4n) is 5.98. The third-order valence-corrected chi connectivity index (χ3v) is 8.09. The van der Waals surface area contributed by atoms with Crippen molar-refractivity contribution in [2.75, 3.05) is 43.7 Å². The van der Waals surface area contributed by atoms with E-state index in [1.165, 1.54) is 11.0 Å². The van der Waals surface area contributed by atoms with Crippen LogP contribution in [0.1, 0.15) is 22.3 Å². The number of benzene rings is 1. The van der Waals surface area contributed by atoms with Crippen molar-refractivity contribution in [3.05, 3.63) is 39.9 Å². The standard InChI is InChI=1S/C25H29BrN4O8.2ClH/c1-29(2)13-7-12(28-14(31)8-26)19(32)16-10(13)5-9-6-11-18(30(3)4)21(34)17(24(27)37)23(36)25(11,38)22(35)15(9)20(16)33;;/h7,9,11,18,32,34-35,38H,5-6,8H2,1-4H3,(H2,27,37)(H,28,31);2*1H/t9?,11?,18-,25-;;/m0../s1. The molecule has 7 N–H and O–H groups in total. The second kappa shape index (κ2) is 11.6. The van der Waals surface area contributed by atoms with Crippen molar-refractivity contribution in [2.45, 2.75) is 24.5 Å². The zero-order chi connectivity index (χ0) is 28.4. The van der Waals surface area contributed by atoms with Crippen LogP contribution in [-0.4, -0.2) is 93.9 Å². The summed E-state index contributed by atoms with van der Waals surface area (Å²) in [7, 11) is 6.59. The highest BCUT2D eigenvalue weighted by Gasteiger charge is 2.63. The number of hydrogen-bond acceptors (Lipinski definition) is 10. The van der Waals surface area contributed by atoms with Gasteiger partial charge in [0.1, 0.15) is 17.1 Å². The molecule has 0 saturated heterocycles. The van der Waals surface area contributed by atoms with Crippen LogP contribution in [0.4, 0.5) is 11.4 Å². The number of halogens is 3. The summed E-state index contributed by atoms with van der Waals surface area (Å²) in [6.45, 7) is 0. The van der Waals surface area contributed by atoms with Crippen molar-refractivity contribution in [1.82, 2.24) is 4.90 Å². The summed E-state index contributed by atoms with van der Waals surface area (Å²) in [5.74, 6) is -7.78. The molecule has 220 valence electrons. The molecule has 1 aromatic rings. The summed E-state index contributed by atoms with van der Waals surface area (Å²) in [5.41, 5.74) is 2.29. The van der Waals surface area contributed by atoms with Crippen LogP contribution in [0.3, 0.4) is 0 Å². The summed E-state index contributed by atoms with van der Waals surface area (Å²) >= 11 is 3.03. The summed E-state index contributed by atoms with van der Waals surface area (Å²) in [4.78, 5) is 54.6. The molecule has 3 aliphatic carbocycles. The highest BCUT2D eigenvalue weighted by Crippen LogP contribution is 2.53. The monoisotopic (exact) mass is 664 g/mol. The number of hydrogen-bond donors (Lipinski definition) is 6. The first kappa shape index (κ1) is 33.4. The summed E-state index contributed by atoms with van der Waals surface area (Å²) < 4.78 is 0. The van der Waals surface area contributed by atoms with E-state index in [9.17, 15) is 39.6 Å². The lowest BCUT2D eigenvalue weighted by Crippen LogP contribution is -2.63. The number of anilines is 2. The van der Waals surface area contributed by atoms with Gasteiger partial charge in [-0.25, -0.2) is 0 Å². The topological polar surface area (TPSA) is 194 Å². The fourth-order valence-corrected chi connectivity index (χ4v) is 6.12. The van der Waals surface area contributed by atoms with Crippen molar-refractivity contribution >= 4 is 75.5 Å². The number of phenolic OH excluding ortho intramolecular Hbond substituents is 1. The highest BCUT2D eigenvalue weighted by molar-refractivity contribution is 9.09. The number of allylic oxidation sites excluding steroid dienone is 1. The molecule has 15 heteroatoms. The molecule has 0 saturated carbocycles. The number of fused-ring (bicyclic) bond motifs is 3. The lowest BCUT2D eigenvalue weighted by atomic mass is 9.58. The van der Waals surface area contributed by atoms with Gasteiger partial charge in [0, 0.05) is 31.3 Å². The number of Topliss-reactive ketones (excluding diaryl/α,β-unsaturated/α-hetero) is 2. The number of nitrogens with zero attached hydrogens (tertiary/aromatic N) is 2. The Bertz CT molecular complexity index is 1360. The van der Waals surface area contributed by atoms with Crippen LogP contribution < -0.4 is 16.0 Å². The lowest BCUT2D eigenvalue weighted by molar-refractivity contribution is -0.148. The predicted molar refractivity (Wildman–Crippen MR) is 155 cm³/mol. The number of aromatic hydroxyl groups is 1. The molecule has 0 bridgehead atoms. The van der Waals surface area contributed by atoms with Gasteiger partial charge in [-0.15, -0.1) is 24.8 Å². The Balaban J connectivity index is 0.00000280. The average Bonchev–Trinajstić information content (AvgIpc) is 2.82. The maximum atomic E-state index is 13.9. The van der Waals surface area contributed by atoms with Crippen LogP contribution >= 0.6 is 40.7 Å². The maximum Gasteiger partial charge on any atom is 0.255 e. The molecule has 0 aliphatic heterocycles. The molecule has 1 aromatic carbocycles. The number of rotatable bonds is 5. The van der Waals surface area contributed by atoms with Crippen molar-refractivity contribution in [1.29, 1.82) is 0 Å². The van der Waals surface area contributed by atoms with E-state index in [1.54, 1.807) is 33.1 Å². The number of primary amides is 1. The zero-order valence-electron chi connectivity index (χ0n) is 22.0. The molecule has 3 aliphatic rings. The van der Waals surface area contributed by atoms with Gasteiger partial charge < -0.3 is 36.4 Å². The quantitative estimate of drug-likeness (QED) is 0.152. The number of phenols is 1. The SMILES string of the molecule is CN(C)c1cc(NC(=O)CBr)c(O)c2c1CC1CC3[C@H](N(C)C)C(O)=C(C(N)=O)C(=O)[C@@]3(O)C(O)=C1C2=O.Cl.Cl. The Kier molecular flexibility index (Phi) is 9.65. The third-order valence-electron chi connectivity index (χ3n) is 7.58. The second-order valence-corrected chi connectivity index (χ2v) is 10.7. The molecular formula is C25H31BrCl2N4O8. The number of alkyl halides is 1. The number of carbonyl (C=O) groups excluding carboxylic acids is 4. The van der Waals surface area contributed by atoms with E-state index in [-0.39, 0.29) is 59.8 Å². The number of ketones is 2. The Morgan fingerprint density at radius 1 is 1.15 bits per heavy atom. The first-order valence-electron chi connectivity index (χ1n) is 11.7. The first-order chi connectivity index (χ1) is 17.7. The van der Waals surface area contributed by atoms with Gasteiger partial charge in [-0.3, -0.25) is 24.1 Å². The van der Waals surface area contributed by atoms with Gasteiger partial charge in [0.2, 0.25) is 11.7 Å². The number of carbonyl (C=O) groups is 4. The second-order valence-electron chi connectivity index (χ2n) is 10.2. The highest BCUT2D eigenvalue weighted by atomic mass is 79.9. The molecule has 0 radical (unpaired) electrons. The Morgan fingerprint density at radius 3 is 2.25 bits per heavy atom. The number of amides is 2. The van der Waals surface area contributed by atoms with Crippen molar-refractivity contribution < 1.29 is 39.6 Å². The number of aliphatic hydroxyl groups is 3. The molecule has 12 nitrogen and oxygen atoms in total. The van der Waals surface area contributed by atoms with E-state index >= 15 is 0 Å². The Hall–Kier alpha value is -2.84. The minimum absolute atomic E-state index is 0. The van der Waals surface area contributed by atoms with Crippen LogP contribution in [0, 0.1) is 11.8 Å². The van der Waals surface area contributed by atoms with Crippen molar-refractivity contribution in [3.8, 4) is 5.75 Å². The van der Waals surface area contributed by atoms with Crippen LogP contribution in [0.15, 0.2) is 28.7 Å². The van der Waals surface area contributed by atoms with Gasteiger partial charge in [0.05, 0.1) is 22.6 Å². The summed E-state index contributed by atoms with van der Waals surface area (Å²) in [6.07, 6.45) is 0.129. The molecule has 0 aromatic heterocycles. The van der Waals surface area contributed by atoms with Gasteiger partial charge in [-0.2, -0.15) is 0 Å². The fraction of sp³-hybridized carbons (Fsp3) is 0.440. The van der Waals surface area contributed by atoms with E-state index in [2.05, 4.69) is 21.2 Å². The van der Waals surface area contributed by atoms with E-state index < -0.39 is 69.7 Å². The third kappa shape index (κ3) is 4.73. The number of nitrogens with one attached hydrogen (secondary N) is 1. The zero-order valence-corrected chi connectivity index (χ0v) is 25.2. The Morgan fingerprint density at radius 2 is 1.75 bits per heavy atom. The van der Waals surface area contributed by atoms with Gasteiger partial charge in [-0.05, 0) is 44.5 Å². The molecule has 40 heavy (non-hydrogen) atoms. The molecule has 2 amide bonds. The van der Waals surface area contributed by atoms with Crippen LogP contribution in [0.5, 0.6) is 5.75 Å². The molecule has 2 unspecified atom stereocenters. The van der Waals surface area contributed by atoms with Gasteiger partial charge >= 0.3 is 0 Å². The first-order valence-corrected chi connectivity index (χ1v) is 12.9. The van der Waals surface area contributed by atoms with E-state index in [0.717, 1.165) is 0 Å². The van der Waals surface area contributed by atoms with Gasteiger partial charge in [-0.1, -0.05) is 15.9 Å². The van der Waals surface area contributed by atoms with Crippen LogP contribution in [0.2, 0.25) is 0 Å². The molecule has 0 heterocycles. The molecule has 0 spiro atoms. The van der Waals surface area contributed by atoms with Crippen molar-refractivity contribution in [3.63, 3.8) is 0 Å². The lowest BCUT2D eigenvalue weighted by Gasteiger charge is -2.50. The Labute approximate surface area is 250 Å². The van der Waals surface area contributed by atoms with E-state index in [1.807, 2.05) is 0 Å². The van der Waals surface area contributed by atoms with Crippen LogP contribution in [-0.2, 0) is 20.8 Å². The minimum Gasteiger partial charge on any atom is -0.510 e. The molecule has 0 fully saturated rings. The number of nitrogens with two attached hydrogens (primary N) is 1. The van der Waals surface area contributed by atoms with Crippen molar-refractivity contribution in [2.24, 2.45) is 17.6 Å². The molecule has 4 rings (SSSR count). The molecular weight excluding hydrogens is 635 g/mol. The van der Waals surface area contributed by atoms with E-state index in [4.69, 9.17) is 5.73 Å². The normalized spacial score (nSPS) is 25.3. The molecule has 4 atom stereocenters. The predicted octanol–water partition coefficient (Wildman–Crippen LogP) is 1.36.